The van der Waals surface area contributed by atoms with Crippen molar-refractivity contribution in [1.29, 1.82) is 0 Å². The van der Waals surface area contributed by atoms with Gasteiger partial charge in [-0.1, -0.05) is 46.6 Å². The van der Waals surface area contributed by atoms with E-state index in [9.17, 15) is 5.02 Å². The number of benzene rings is 2. The van der Waals surface area contributed by atoms with E-state index in [0.29, 0.717) is 16.5 Å². The topological polar surface area (TPSA) is 51.0 Å². The van der Waals surface area contributed by atoms with Crippen molar-refractivity contribution in [2.75, 3.05) is 0 Å². The van der Waals surface area contributed by atoms with Crippen LogP contribution in [0.25, 0.3) is 0 Å². The Balaban J connectivity index is 1.66. The lowest BCUT2D eigenvalue weighted by Crippen LogP contribution is -2.28. The van der Waals surface area contributed by atoms with Crippen molar-refractivity contribution in [1.82, 2.24) is 0 Å². The summed E-state index contributed by atoms with van der Waals surface area (Å²) >= 11 is 12.4. The molecule has 0 amide bonds. The molecule has 2 aliphatic heterocycles. The summed E-state index contributed by atoms with van der Waals surface area (Å²) in [4.78, 5) is 5.84. The molecule has 0 fully saturated rings. The Hall–Kier alpha value is -1.53. The maximum atomic E-state index is 10.1. The number of aryl methyl sites for hydroxylation is 1. The molecule has 2 aliphatic rings. The lowest BCUT2D eigenvalue weighted by atomic mass is 9.77. The van der Waals surface area contributed by atoms with Crippen molar-refractivity contribution < 1.29 is 14.5 Å². The fourth-order valence-electron chi connectivity index (χ4n) is 3.76. The molecule has 0 saturated heterocycles. The van der Waals surface area contributed by atoms with E-state index in [2.05, 4.69) is 5.16 Å². The van der Waals surface area contributed by atoms with Gasteiger partial charge >= 0.3 is 7.12 Å². The van der Waals surface area contributed by atoms with Gasteiger partial charge in [-0.25, -0.2) is 0 Å². The Bertz CT molecular complexity index is 953. The molecule has 0 spiro atoms. The standard InChI is InChI=1S/C20H20BCl2NO3/c1-11-7-13(9-16(22)18(11)23)20(4)10-17(24-27-20)12-5-6-15-14(8-12)19(2,3)26-21(15)25/h5-9,25H,10H2,1-4H3/t20-/m0/s1. The van der Waals surface area contributed by atoms with E-state index in [1.807, 2.05) is 58.0 Å². The van der Waals surface area contributed by atoms with Crippen LogP contribution < -0.4 is 5.46 Å². The van der Waals surface area contributed by atoms with Crippen LogP contribution in [0.15, 0.2) is 35.5 Å². The first-order chi connectivity index (χ1) is 12.6. The Morgan fingerprint density at radius 1 is 1.15 bits per heavy atom. The molecule has 1 atom stereocenters. The molecule has 0 bridgehead atoms. The van der Waals surface area contributed by atoms with Crippen LogP contribution in [0.2, 0.25) is 10.0 Å². The van der Waals surface area contributed by atoms with Crippen LogP contribution in [-0.2, 0) is 20.7 Å². The first-order valence-corrected chi connectivity index (χ1v) is 9.58. The predicted octanol–water partition coefficient (Wildman–Crippen LogP) is 4.29. The number of nitrogens with zero attached hydrogens (tertiary/aromatic N) is 1. The van der Waals surface area contributed by atoms with Gasteiger partial charge in [0.2, 0.25) is 0 Å². The van der Waals surface area contributed by atoms with Gasteiger partial charge in [0.1, 0.15) is 0 Å². The van der Waals surface area contributed by atoms with E-state index in [-0.39, 0.29) is 0 Å². The van der Waals surface area contributed by atoms with Crippen LogP contribution in [0.4, 0.5) is 0 Å². The highest BCUT2D eigenvalue weighted by Crippen LogP contribution is 2.40. The zero-order valence-corrected chi connectivity index (χ0v) is 17.1. The second kappa shape index (κ2) is 6.24. The summed E-state index contributed by atoms with van der Waals surface area (Å²) in [6, 6.07) is 9.69. The second-order valence-corrected chi connectivity index (χ2v) is 8.69. The highest BCUT2D eigenvalue weighted by molar-refractivity contribution is 6.62. The lowest BCUT2D eigenvalue weighted by molar-refractivity contribution is -0.00741. The summed E-state index contributed by atoms with van der Waals surface area (Å²) in [5, 5.41) is 15.5. The fourth-order valence-corrected chi connectivity index (χ4v) is 4.14. The predicted molar refractivity (Wildman–Crippen MR) is 109 cm³/mol. The van der Waals surface area contributed by atoms with Crippen LogP contribution in [0.5, 0.6) is 0 Å². The highest BCUT2D eigenvalue weighted by Gasteiger charge is 2.42. The van der Waals surface area contributed by atoms with Crippen LogP contribution in [-0.4, -0.2) is 17.9 Å². The van der Waals surface area contributed by atoms with Crippen molar-refractivity contribution in [2.24, 2.45) is 5.16 Å². The van der Waals surface area contributed by atoms with Crippen molar-refractivity contribution in [3.05, 3.63) is 62.6 Å². The van der Waals surface area contributed by atoms with Crippen LogP contribution in [0.1, 0.15) is 49.4 Å². The first kappa shape index (κ1) is 18.8. The molecule has 1 N–H and O–H groups in total. The maximum Gasteiger partial charge on any atom is 0.492 e. The Morgan fingerprint density at radius 2 is 1.89 bits per heavy atom. The number of fused-ring (bicyclic) bond motifs is 1. The third-order valence-corrected chi connectivity index (χ3v) is 6.29. The van der Waals surface area contributed by atoms with Crippen LogP contribution in [0, 0.1) is 6.92 Å². The number of halogens is 2. The summed E-state index contributed by atoms with van der Waals surface area (Å²) in [5.41, 5.74) is 4.26. The van der Waals surface area contributed by atoms with Crippen molar-refractivity contribution in [2.45, 2.75) is 45.3 Å². The lowest BCUT2D eigenvalue weighted by Gasteiger charge is -2.23. The maximum absolute atomic E-state index is 10.1. The van der Waals surface area contributed by atoms with Gasteiger partial charge in [0.25, 0.3) is 0 Å². The van der Waals surface area contributed by atoms with Crippen molar-refractivity contribution in [3.8, 4) is 0 Å². The van der Waals surface area contributed by atoms with E-state index < -0.39 is 18.3 Å². The minimum Gasteiger partial charge on any atom is -0.423 e. The van der Waals surface area contributed by atoms with Crippen LogP contribution in [0.3, 0.4) is 0 Å². The minimum absolute atomic E-state index is 0.510. The zero-order chi connectivity index (χ0) is 19.6. The molecular weight excluding hydrogens is 384 g/mol. The summed E-state index contributed by atoms with van der Waals surface area (Å²) < 4.78 is 5.64. The normalized spacial score (nSPS) is 23.2. The smallest absolute Gasteiger partial charge is 0.423 e. The Labute approximate surface area is 169 Å². The second-order valence-electron chi connectivity index (χ2n) is 7.91. The van der Waals surface area contributed by atoms with Gasteiger partial charge < -0.3 is 14.5 Å². The highest BCUT2D eigenvalue weighted by atomic mass is 35.5. The monoisotopic (exact) mass is 403 g/mol. The molecule has 0 radical (unpaired) electrons. The first-order valence-electron chi connectivity index (χ1n) is 8.82. The molecule has 0 aromatic heterocycles. The molecule has 4 rings (SSSR count). The van der Waals surface area contributed by atoms with Gasteiger partial charge in [-0.15, -0.1) is 0 Å². The molecule has 0 saturated carbocycles. The van der Waals surface area contributed by atoms with E-state index in [0.717, 1.165) is 33.4 Å². The van der Waals surface area contributed by atoms with Gasteiger partial charge in [0, 0.05) is 12.0 Å². The quantitative estimate of drug-likeness (QED) is 0.760. The minimum atomic E-state index is -0.893. The Kier molecular flexibility index (Phi) is 4.35. The SMILES string of the molecule is Cc1cc([C@]2(C)CC(c3ccc4c(c3)C(C)(C)OB4O)=NO2)cc(Cl)c1Cl. The van der Waals surface area contributed by atoms with Gasteiger partial charge in [-0.2, -0.15) is 0 Å². The van der Waals surface area contributed by atoms with Gasteiger partial charge in [0.15, 0.2) is 5.60 Å². The molecule has 0 unspecified atom stereocenters. The summed E-state index contributed by atoms with van der Waals surface area (Å²) in [5.74, 6) is 0. The zero-order valence-electron chi connectivity index (χ0n) is 15.6. The summed E-state index contributed by atoms with van der Waals surface area (Å²) in [7, 11) is -0.893. The number of oxime groups is 1. The third-order valence-electron chi connectivity index (χ3n) is 5.39. The molecule has 2 aromatic carbocycles. The Morgan fingerprint density at radius 3 is 2.59 bits per heavy atom. The largest absolute Gasteiger partial charge is 0.492 e. The van der Waals surface area contributed by atoms with Gasteiger partial charge in [0.05, 0.1) is 21.4 Å². The molecule has 4 nitrogen and oxygen atoms in total. The molecule has 27 heavy (non-hydrogen) atoms. The molecular formula is C20H20BCl2NO3. The van der Waals surface area contributed by atoms with Crippen molar-refractivity contribution >= 4 is 41.5 Å². The number of hydrogen-bond acceptors (Lipinski definition) is 4. The number of rotatable bonds is 2. The average Bonchev–Trinajstić information content (AvgIpc) is 3.11. The van der Waals surface area contributed by atoms with Gasteiger partial charge in [-0.3, -0.25) is 0 Å². The molecule has 7 heteroatoms. The van der Waals surface area contributed by atoms with E-state index in [1.54, 1.807) is 0 Å². The van der Waals surface area contributed by atoms with E-state index in [1.165, 1.54) is 0 Å². The summed E-state index contributed by atoms with van der Waals surface area (Å²) in [6.07, 6.45) is 0.604. The molecule has 2 aromatic rings. The summed E-state index contributed by atoms with van der Waals surface area (Å²) in [6.45, 7) is 7.81. The molecule has 2 heterocycles. The average molecular weight is 404 g/mol. The molecule has 140 valence electrons. The fraction of sp³-hybridized carbons (Fsp3) is 0.350. The van der Waals surface area contributed by atoms with Crippen molar-refractivity contribution in [3.63, 3.8) is 0 Å². The van der Waals surface area contributed by atoms with E-state index in [4.69, 9.17) is 32.7 Å². The third kappa shape index (κ3) is 3.07. The van der Waals surface area contributed by atoms with Gasteiger partial charge in [-0.05, 0) is 62.0 Å². The van der Waals surface area contributed by atoms with Crippen LogP contribution >= 0.6 is 23.2 Å². The number of hydrogen-bond donors (Lipinski definition) is 1. The molecule has 0 aliphatic carbocycles. The van der Waals surface area contributed by atoms with E-state index >= 15 is 0 Å².